The van der Waals surface area contributed by atoms with Crippen molar-refractivity contribution in [3.8, 4) is 34.5 Å². The lowest BCUT2D eigenvalue weighted by atomic mass is 9.90. The minimum absolute atomic E-state index is 0.0322. The number of anilines is 1. The number of nitrogen functional groups attached to an aromatic ring is 1. The summed E-state index contributed by atoms with van der Waals surface area (Å²) in [5.74, 6) is 0.529. The number of benzene rings is 2. The van der Waals surface area contributed by atoms with Crippen molar-refractivity contribution in [1.29, 1.82) is 5.26 Å². The number of carbonyl (C=O) groups excluding carboxylic acids is 1. The Morgan fingerprint density at radius 1 is 1.09 bits per heavy atom. The van der Waals surface area contributed by atoms with E-state index in [-0.39, 0.29) is 40.5 Å². The van der Waals surface area contributed by atoms with Crippen LogP contribution >= 0.6 is 0 Å². The van der Waals surface area contributed by atoms with Gasteiger partial charge in [0.15, 0.2) is 23.7 Å². The molecule has 0 spiro atoms. The summed E-state index contributed by atoms with van der Waals surface area (Å²) in [6.45, 7) is 0.927. The molecule has 5 rings (SSSR count). The molecule has 0 atom stereocenters. The maximum atomic E-state index is 13.2. The van der Waals surface area contributed by atoms with E-state index in [1.54, 1.807) is 29.2 Å². The number of aromatic hydroxyl groups is 1. The second-order valence-electron chi connectivity index (χ2n) is 8.28. The zero-order chi connectivity index (χ0) is 24.4. The highest BCUT2D eigenvalue weighted by Gasteiger charge is 2.31. The van der Waals surface area contributed by atoms with Crippen LogP contribution in [-0.2, 0) is 0 Å². The van der Waals surface area contributed by atoms with Gasteiger partial charge in [0.05, 0.1) is 11.3 Å². The molecule has 0 unspecified atom stereocenters. The van der Waals surface area contributed by atoms with Crippen LogP contribution in [0.2, 0.25) is 0 Å². The van der Waals surface area contributed by atoms with Gasteiger partial charge >= 0.3 is 0 Å². The van der Waals surface area contributed by atoms with E-state index >= 15 is 0 Å². The molecule has 35 heavy (non-hydrogen) atoms. The number of aromatic nitrogens is 3. The molecule has 9 heteroatoms. The van der Waals surface area contributed by atoms with Gasteiger partial charge < -0.3 is 20.2 Å². The van der Waals surface area contributed by atoms with Gasteiger partial charge in [-0.15, -0.1) is 0 Å². The maximum Gasteiger partial charge on any atom is 0.276 e. The molecule has 1 amide bonds. The Morgan fingerprint density at radius 2 is 1.80 bits per heavy atom. The normalized spacial score (nSPS) is 14.0. The molecular weight excluding hydrogens is 444 g/mol. The summed E-state index contributed by atoms with van der Waals surface area (Å²) in [6.07, 6.45) is 2.47. The van der Waals surface area contributed by atoms with Crippen LogP contribution in [0, 0.1) is 11.3 Å². The van der Waals surface area contributed by atoms with Gasteiger partial charge in [-0.25, -0.2) is 15.0 Å². The molecule has 0 bridgehead atoms. The van der Waals surface area contributed by atoms with Crippen molar-refractivity contribution >= 4 is 11.7 Å². The Balaban J connectivity index is 1.38. The lowest BCUT2D eigenvalue weighted by Crippen LogP contribution is -2.38. The number of hydrogen-bond donors (Lipinski definition) is 2. The van der Waals surface area contributed by atoms with Crippen LogP contribution < -0.4 is 5.73 Å². The van der Waals surface area contributed by atoms with E-state index in [0.717, 1.165) is 5.56 Å². The van der Waals surface area contributed by atoms with Gasteiger partial charge in [0, 0.05) is 24.6 Å². The van der Waals surface area contributed by atoms with Crippen molar-refractivity contribution in [2.24, 2.45) is 0 Å². The lowest BCUT2D eigenvalue weighted by Gasteiger charge is -2.32. The first-order valence-corrected chi connectivity index (χ1v) is 11.2. The van der Waals surface area contributed by atoms with Crippen molar-refractivity contribution in [1.82, 2.24) is 19.9 Å². The predicted molar refractivity (Wildman–Crippen MR) is 128 cm³/mol. The second kappa shape index (κ2) is 9.27. The van der Waals surface area contributed by atoms with Crippen LogP contribution in [0.1, 0.15) is 40.5 Å². The summed E-state index contributed by atoms with van der Waals surface area (Å²) in [5, 5.41) is 19.9. The zero-order valence-electron chi connectivity index (χ0n) is 18.8. The number of para-hydroxylation sites is 1. The summed E-state index contributed by atoms with van der Waals surface area (Å²) in [4.78, 5) is 28.0. The highest BCUT2D eigenvalue weighted by Crippen LogP contribution is 2.35. The minimum Gasteiger partial charge on any atom is -0.507 e. The molecule has 3 N–H and O–H groups in total. The fourth-order valence-corrected chi connectivity index (χ4v) is 4.39. The third-order valence-electron chi connectivity index (χ3n) is 6.20. The van der Waals surface area contributed by atoms with E-state index in [0.29, 0.717) is 42.9 Å². The van der Waals surface area contributed by atoms with Crippen LogP contribution in [0.4, 0.5) is 5.82 Å². The third-order valence-corrected chi connectivity index (χ3v) is 6.20. The zero-order valence-corrected chi connectivity index (χ0v) is 18.8. The number of piperidine rings is 1. The number of likely N-dealkylation sites (tertiary alicyclic amines) is 1. The Labute approximate surface area is 201 Å². The fraction of sp³-hybridized carbons (Fsp3) is 0.192. The Hall–Kier alpha value is -4.71. The monoisotopic (exact) mass is 466 g/mol. The summed E-state index contributed by atoms with van der Waals surface area (Å²) in [6, 6.07) is 18.2. The molecular formula is C26H22N6O3. The number of nitriles is 1. The van der Waals surface area contributed by atoms with E-state index in [1.807, 2.05) is 30.3 Å². The number of oxazole rings is 1. The SMILES string of the molecule is N#Cc1c(N)nc(-c2ccccc2O)nc1C1CCN(C(=O)c2ncoc2-c2ccccc2)CC1. The van der Waals surface area contributed by atoms with Gasteiger partial charge in [-0.3, -0.25) is 4.79 Å². The first-order chi connectivity index (χ1) is 17.1. The third kappa shape index (κ3) is 4.17. The first kappa shape index (κ1) is 22.1. The fourth-order valence-electron chi connectivity index (χ4n) is 4.39. The van der Waals surface area contributed by atoms with Gasteiger partial charge in [0.1, 0.15) is 23.2 Å². The average molecular weight is 467 g/mol. The molecule has 0 aliphatic carbocycles. The largest absolute Gasteiger partial charge is 0.507 e. The number of hydrogen-bond acceptors (Lipinski definition) is 8. The van der Waals surface area contributed by atoms with Crippen LogP contribution in [0.25, 0.3) is 22.7 Å². The van der Waals surface area contributed by atoms with E-state index in [9.17, 15) is 15.2 Å². The molecule has 2 aromatic heterocycles. The van der Waals surface area contributed by atoms with E-state index in [2.05, 4.69) is 21.0 Å². The van der Waals surface area contributed by atoms with Crippen molar-refractivity contribution < 1.29 is 14.3 Å². The number of phenols is 1. The molecule has 174 valence electrons. The van der Waals surface area contributed by atoms with Gasteiger partial charge in [0.25, 0.3) is 5.91 Å². The van der Waals surface area contributed by atoms with E-state index < -0.39 is 0 Å². The maximum absolute atomic E-state index is 13.2. The second-order valence-corrected chi connectivity index (χ2v) is 8.28. The number of amides is 1. The van der Waals surface area contributed by atoms with Crippen LogP contribution in [0.15, 0.2) is 65.4 Å². The summed E-state index contributed by atoms with van der Waals surface area (Å²) in [7, 11) is 0. The highest BCUT2D eigenvalue weighted by molar-refractivity contribution is 5.97. The Kier molecular flexibility index (Phi) is 5.85. The molecule has 1 aliphatic rings. The van der Waals surface area contributed by atoms with Gasteiger partial charge in [-0.2, -0.15) is 5.26 Å². The topological polar surface area (TPSA) is 142 Å². The number of rotatable bonds is 4. The molecule has 2 aromatic carbocycles. The predicted octanol–water partition coefficient (Wildman–Crippen LogP) is 3.98. The van der Waals surface area contributed by atoms with Crippen molar-refractivity contribution in [3.05, 3.63) is 77.9 Å². The summed E-state index contributed by atoms with van der Waals surface area (Å²) >= 11 is 0. The molecule has 9 nitrogen and oxygen atoms in total. The minimum atomic E-state index is -0.200. The van der Waals surface area contributed by atoms with Crippen molar-refractivity contribution in [2.75, 3.05) is 18.8 Å². The Morgan fingerprint density at radius 3 is 2.51 bits per heavy atom. The van der Waals surface area contributed by atoms with Gasteiger partial charge in [0.2, 0.25) is 0 Å². The molecule has 0 radical (unpaired) electrons. The lowest BCUT2D eigenvalue weighted by molar-refractivity contribution is 0.0707. The summed E-state index contributed by atoms with van der Waals surface area (Å²) in [5.41, 5.74) is 8.38. The average Bonchev–Trinajstić information content (AvgIpc) is 3.39. The van der Waals surface area contributed by atoms with Crippen molar-refractivity contribution in [2.45, 2.75) is 18.8 Å². The highest BCUT2D eigenvalue weighted by atomic mass is 16.3. The Bertz CT molecular complexity index is 1420. The quantitative estimate of drug-likeness (QED) is 0.460. The molecule has 0 saturated carbocycles. The molecule has 3 heterocycles. The van der Waals surface area contributed by atoms with Crippen molar-refractivity contribution in [3.63, 3.8) is 0 Å². The summed E-state index contributed by atoms with van der Waals surface area (Å²) < 4.78 is 5.52. The van der Waals surface area contributed by atoms with E-state index in [4.69, 9.17) is 10.2 Å². The van der Waals surface area contributed by atoms with Crippen LogP contribution in [0.3, 0.4) is 0 Å². The van der Waals surface area contributed by atoms with Gasteiger partial charge in [-0.05, 0) is 25.0 Å². The first-order valence-electron chi connectivity index (χ1n) is 11.2. The smallest absolute Gasteiger partial charge is 0.276 e. The standard InChI is InChI=1S/C26H22N6O3/c27-14-19-21(30-25(31-24(19)28)18-8-4-5-9-20(18)33)16-10-12-32(13-11-16)26(34)22-23(35-15-29-22)17-6-2-1-3-7-17/h1-9,15-16,33H,10-13H2,(H2,28,30,31). The van der Waals surface area contributed by atoms with Crippen LogP contribution in [-0.4, -0.2) is 44.0 Å². The number of phenolic OH excluding ortho intramolecular Hbond substituents is 1. The van der Waals surface area contributed by atoms with Gasteiger partial charge in [-0.1, -0.05) is 42.5 Å². The molecule has 1 aliphatic heterocycles. The van der Waals surface area contributed by atoms with E-state index in [1.165, 1.54) is 6.39 Å². The number of nitrogens with two attached hydrogens (primary N) is 1. The molecule has 4 aromatic rings. The van der Waals surface area contributed by atoms with Crippen LogP contribution in [0.5, 0.6) is 5.75 Å². The molecule has 1 fully saturated rings. The number of carbonyl (C=O) groups is 1. The number of nitrogens with zero attached hydrogens (tertiary/aromatic N) is 5. The molecule has 1 saturated heterocycles.